The zero-order chi connectivity index (χ0) is 13.6. The third-order valence-electron chi connectivity index (χ3n) is 2.64. The lowest BCUT2D eigenvalue weighted by Crippen LogP contribution is -2.10. The van der Waals surface area contributed by atoms with Crippen molar-refractivity contribution in [2.75, 3.05) is 6.61 Å². The van der Waals surface area contributed by atoms with E-state index >= 15 is 0 Å². The smallest absolute Gasteiger partial charge is 0.396 e. The molecule has 1 aliphatic rings. The van der Waals surface area contributed by atoms with Crippen LogP contribution in [-0.2, 0) is 16.0 Å². The molecule has 1 aliphatic heterocycles. The molecule has 0 radical (unpaired) electrons. The van der Waals surface area contributed by atoms with Gasteiger partial charge in [-0.2, -0.15) is 13.2 Å². The molecule has 1 aromatic carbocycles. The van der Waals surface area contributed by atoms with Crippen LogP contribution in [0.25, 0.3) is 5.57 Å². The van der Waals surface area contributed by atoms with E-state index in [-0.39, 0.29) is 22.5 Å². The summed E-state index contributed by atoms with van der Waals surface area (Å²) in [5, 5.41) is 9.59. The summed E-state index contributed by atoms with van der Waals surface area (Å²) in [6.07, 6.45) is -4.75. The highest BCUT2D eigenvalue weighted by Crippen LogP contribution is 2.43. The molecule has 0 fully saturated rings. The molecule has 0 amide bonds. The lowest BCUT2D eigenvalue weighted by molar-refractivity contribution is -0.137. The van der Waals surface area contributed by atoms with Gasteiger partial charge in [-0.15, -0.1) is 0 Å². The maximum Gasteiger partial charge on any atom is 0.417 e. The van der Waals surface area contributed by atoms with Crippen LogP contribution in [-0.4, -0.2) is 20.1 Å². The molecule has 0 aromatic heterocycles. The standard InChI is InChI=1S/C11H9F3O3S/c12-11(13,14)8-2-1-3-9-10(8)7(4-5-15)6-18(9,16)17/h1-3,6,15H,4-5H2. The van der Waals surface area contributed by atoms with Gasteiger partial charge in [0.05, 0.1) is 10.5 Å². The number of hydrogen-bond donors (Lipinski definition) is 1. The van der Waals surface area contributed by atoms with Crippen LogP contribution in [0.3, 0.4) is 0 Å². The first-order valence-electron chi connectivity index (χ1n) is 5.04. The van der Waals surface area contributed by atoms with Crippen molar-refractivity contribution in [3.8, 4) is 0 Å². The van der Waals surface area contributed by atoms with Gasteiger partial charge in [0.1, 0.15) is 0 Å². The second kappa shape index (κ2) is 4.10. The number of hydrogen-bond acceptors (Lipinski definition) is 3. The Balaban J connectivity index is 2.74. The van der Waals surface area contributed by atoms with Gasteiger partial charge >= 0.3 is 6.18 Å². The molecular formula is C11H9F3O3S. The van der Waals surface area contributed by atoms with Crippen molar-refractivity contribution >= 4 is 15.4 Å². The van der Waals surface area contributed by atoms with Crippen molar-refractivity contribution in [3.05, 3.63) is 34.7 Å². The van der Waals surface area contributed by atoms with Crippen molar-refractivity contribution in [1.82, 2.24) is 0 Å². The second-order valence-electron chi connectivity index (χ2n) is 3.84. The maximum absolute atomic E-state index is 12.8. The fraction of sp³-hybridized carbons (Fsp3) is 0.273. The van der Waals surface area contributed by atoms with E-state index in [2.05, 4.69) is 0 Å². The first kappa shape index (κ1) is 13.1. The molecule has 0 bridgehead atoms. The monoisotopic (exact) mass is 278 g/mol. The minimum absolute atomic E-state index is 0.000394. The number of sulfone groups is 1. The van der Waals surface area contributed by atoms with Crippen LogP contribution in [0.1, 0.15) is 17.5 Å². The minimum atomic E-state index is -4.63. The van der Waals surface area contributed by atoms with E-state index in [0.29, 0.717) is 0 Å². The molecule has 2 rings (SSSR count). The molecule has 1 N–H and O–H groups in total. The average molecular weight is 278 g/mol. The highest BCUT2D eigenvalue weighted by molar-refractivity contribution is 7.95. The summed E-state index contributed by atoms with van der Waals surface area (Å²) in [5.41, 5.74) is -1.32. The van der Waals surface area contributed by atoms with Gasteiger partial charge in [0.25, 0.3) is 0 Å². The van der Waals surface area contributed by atoms with Gasteiger partial charge in [-0.1, -0.05) is 6.07 Å². The Kier molecular flexibility index (Phi) is 2.98. The predicted octanol–water partition coefficient (Wildman–Crippen LogP) is 2.22. The molecule has 3 nitrogen and oxygen atoms in total. The molecule has 1 heterocycles. The Morgan fingerprint density at radius 1 is 1.22 bits per heavy atom. The minimum Gasteiger partial charge on any atom is -0.396 e. The Bertz CT molecular complexity index is 615. The van der Waals surface area contributed by atoms with Crippen molar-refractivity contribution in [3.63, 3.8) is 0 Å². The van der Waals surface area contributed by atoms with Gasteiger partial charge in [-0.3, -0.25) is 0 Å². The first-order valence-corrected chi connectivity index (χ1v) is 6.59. The highest BCUT2D eigenvalue weighted by Gasteiger charge is 2.39. The van der Waals surface area contributed by atoms with Gasteiger partial charge in [0.2, 0.25) is 9.84 Å². The normalized spacial score (nSPS) is 17.4. The quantitative estimate of drug-likeness (QED) is 0.902. The number of aliphatic hydroxyl groups excluding tert-OH is 1. The fourth-order valence-corrected chi connectivity index (χ4v) is 3.48. The summed E-state index contributed by atoms with van der Waals surface area (Å²) in [7, 11) is -3.83. The van der Waals surface area contributed by atoms with Crippen LogP contribution in [0.4, 0.5) is 13.2 Å². The van der Waals surface area contributed by atoms with E-state index in [0.717, 1.165) is 23.6 Å². The molecule has 0 atom stereocenters. The molecule has 1 aromatic rings. The summed E-state index contributed by atoms with van der Waals surface area (Å²) in [4.78, 5) is -0.347. The molecule has 0 saturated heterocycles. The van der Waals surface area contributed by atoms with Gasteiger partial charge in [-0.05, 0) is 24.1 Å². The molecular weight excluding hydrogens is 269 g/mol. The lowest BCUT2D eigenvalue weighted by Gasteiger charge is -2.13. The van der Waals surface area contributed by atoms with E-state index < -0.39 is 28.2 Å². The molecule has 0 unspecified atom stereocenters. The first-order chi connectivity index (χ1) is 8.27. The van der Waals surface area contributed by atoms with E-state index in [9.17, 15) is 21.6 Å². The zero-order valence-electron chi connectivity index (χ0n) is 9.03. The van der Waals surface area contributed by atoms with Crippen molar-refractivity contribution in [2.45, 2.75) is 17.5 Å². The third-order valence-corrected chi connectivity index (χ3v) is 4.19. The largest absolute Gasteiger partial charge is 0.417 e. The van der Waals surface area contributed by atoms with Crippen LogP contribution in [0.2, 0.25) is 0 Å². The molecule has 0 aliphatic carbocycles. The molecule has 7 heteroatoms. The lowest BCUT2D eigenvalue weighted by atomic mass is 9.98. The van der Waals surface area contributed by atoms with Gasteiger partial charge < -0.3 is 5.11 Å². The van der Waals surface area contributed by atoms with Crippen LogP contribution in [0.5, 0.6) is 0 Å². The Hall–Kier alpha value is -1.34. The number of aliphatic hydroxyl groups is 1. The van der Waals surface area contributed by atoms with Crippen molar-refractivity contribution in [2.24, 2.45) is 0 Å². The third kappa shape index (κ3) is 2.04. The maximum atomic E-state index is 12.8. The summed E-state index contributed by atoms with van der Waals surface area (Å²) in [6, 6.07) is 3.04. The molecule has 0 saturated carbocycles. The van der Waals surface area contributed by atoms with Gasteiger partial charge in [0.15, 0.2) is 0 Å². The zero-order valence-corrected chi connectivity index (χ0v) is 9.85. The van der Waals surface area contributed by atoms with Gasteiger partial charge in [0, 0.05) is 17.6 Å². The van der Waals surface area contributed by atoms with E-state index in [4.69, 9.17) is 5.11 Å². The second-order valence-corrected chi connectivity index (χ2v) is 5.60. The number of alkyl halides is 3. The molecule has 98 valence electrons. The summed E-state index contributed by atoms with van der Waals surface area (Å²) >= 11 is 0. The molecule has 0 spiro atoms. The van der Waals surface area contributed by atoms with Crippen LogP contribution in [0.15, 0.2) is 28.5 Å². The molecule has 18 heavy (non-hydrogen) atoms. The van der Waals surface area contributed by atoms with Crippen LogP contribution >= 0.6 is 0 Å². The van der Waals surface area contributed by atoms with Crippen LogP contribution in [0, 0.1) is 0 Å². The van der Waals surface area contributed by atoms with Crippen molar-refractivity contribution in [1.29, 1.82) is 0 Å². The number of fused-ring (bicyclic) bond motifs is 1. The van der Waals surface area contributed by atoms with E-state index in [1.165, 1.54) is 0 Å². The Morgan fingerprint density at radius 3 is 2.44 bits per heavy atom. The number of rotatable bonds is 2. The highest BCUT2D eigenvalue weighted by atomic mass is 32.2. The van der Waals surface area contributed by atoms with E-state index in [1.807, 2.05) is 0 Å². The number of benzene rings is 1. The SMILES string of the molecule is O=S1(=O)C=C(CCO)c2c(C(F)(F)F)cccc21. The Morgan fingerprint density at radius 2 is 1.89 bits per heavy atom. The Labute approximate surface area is 101 Å². The van der Waals surface area contributed by atoms with Gasteiger partial charge in [-0.25, -0.2) is 8.42 Å². The summed E-state index contributed by atoms with van der Waals surface area (Å²) in [6.45, 7) is -0.410. The predicted molar refractivity (Wildman–Crippen MR) is 58.3 cm³/mol. The fourth-order valence-electron chi connectivity index (χ4n) is 1.95. The summed E-state index contributed by atoms with van der Waals surface area (Å²) < 4.78 is 61.9. The number of halogens is 3. The van der Waals surface area contributed by atoms with Crippen molar-refractivity contribution < 1.29 is 26.7 Å². The van der Waals surface area contributed by atoms with Crippen LogP contribution < -0.4 is 0 Å². The average Bonchev–Trinajstić information content (AvgIpc) is 2.50. The summed E-state index contributed by atoms with van der Waals surface area (Å²) in [5.74, 6) is 0. The topological polar surface area (TPSA) is 54.4 Å². The van der Waals surface area contributed by atoms with E-state index in [1.54, 1.807) is 0 Å².